The van der Waals surface area contributed by atoms with Gasteiger partial charge in [0, 0.05) is 17.0 Å². The van der Waals surface area contributed by atoms with Crippen LogP contribution in [-0.4, -0.2) is 45.6 Å². The van der Waals surface area contributed by atoms with E-state index in [1.165, 1.54) is 11.8 Å². The van der Waals surface area contributed by atoms with E-state index < -0.39 is 24.4 Å². The van der Waals surface area contributed by atoms with Gasteiger partial charge in [-0.15, -0.1) is 10.2 Å². The Balaban J connectivity index is 1.64. The smallest absolute Gasteiger partial charge is 0.377 e. The van der Waals surface area contributed by atoms with Crippen molar-refractivity contribution in [1.82, 2.24) is 14.8 Å². The lowest BCUT2D eigenvalue weighted by Gasteiger charge is -2.12. The molecule has 0 aliphatic carbocycles. The Hall–Kier alpha value is -2.94. The molecule has 1 aliphatic rings. The van der Waals surface area contributed by atoms with Crippen molar-refractivity contribution in [1.29, 1.82) is 0 Å². The Morgan fingerprint density at radius 2 is 1.90 bits per heavy atom. The molecule has 1 saturated heterocycles. The number of methoxy groups -OCH3 is 1. The minimum absolute atomic E-state index is 0.162. The number of nitrogens with zero attached hydrogens (tertiary/aromatic N) is 3. The van der Waals surface area contributed by atoms with Gasteiger partial charge in [-0.05, 0) is 36.4 Å². The number of para-hydroxylation sites is 1. The van der Waals surface area contributed by atoms with Gasteiger partial charge in [0.1, 0.15) is 11.9 Å². The van der Waals surface area contributed by atoms with E-state index >= 15 is 0 Å². The summed E-state index contributed by atoms with van der Waals surface area (Å²) in [5, 5.41) is 9.07. The second kappa shape index (κ2) is 7.82. The number of carbonyl (C=O) groups excluding carboxylic acids is 1. The van der Waals surface area contributed by atoms with E-state index in [9.17, 15) is 13.6 Å². The van der Waals surface area contributed by atoms with Gasteiger partial charge in [-0.1, -0.05) is 30.0 Å². The van der Waals surface area contributed by atoms with Crippen molar-refractivity contribution in [3.05, 3.63) is 54.6 Å². The first-order chi connectivity index (χ1) is 14.0. The highest BCUT2D eigenvalue weighted by atomic mass is 32.2. The standard InChI is InChI=1S/C20H17F2N3O3S/c1-27-15-9-7-13(8-10-15)17-23-24-19(25(17)14-5-3-2-4-6-14)29-12-16-11-20(21,22)18(26)28-16/h2-10,16H,11-12H2,1H3/t16-/m0/s1. The molecular formula is C20H17F2N3O3S. The maximum Gasteiger partial charge on any atom is 0.377 e. The van der Waals surface area contributed by atoms with Crippen molar-refractivity contribution >= 4 is 17.7 Å². The Kier molecular flexibility index (Phi) is 5.23. The molecule has 0 N–H and O–H groups in total. The van der Waals surface area contributed by atoms with E-state index in [4.69, 9.17) is 9.47 Å². The number of alkyl halides is 2. The lowest BCUT2D eigenvalue weighted by atomic mass is 10.2. The van der Waals surface area contributed by atoms with E-state index in [2.05, 4.69) is 10.2 Å². The predicted molar refractivity (Wildman–Crippen MR) is 104 cm³/mol. The van der Waals surface area contributed by atoms with Gasteiger partial charge in [0.2, 0.25) is 0 Å². The molecule has 0 unspecified atom stereocenters. The van der Waals surface area contributed by atoms with Gasteiger partial charge < -0.3 is 9.47 Å². The van der Waals surface area contributed by atoms with Crippen molar-refractivity contribution < 1.29 is 23.0 Å². The predicted octanol–water partition coefficient (Wildman–Crippen LogP) is 3.99. The van der Waals surface area contributed by atoms with E-state index in [1.54, 1.807) is 7.11 Å². The van der Waals surface area contributed by atoms with Crippen LogP contribution >= 0.6 is 11.8 Å². The molecule has 9 heteroatoms. The van der Waals surface area contributed by atoms with Crippen LogP contribution in [-0.2, 0) is 9.53 Å². The van der Waals surface area contributed by atoms with Crippen LogP contribution in [0.1, 0.15) is 6.42 Å². The van der Waals surface area contributed by atoms with Gasteiger partial charge in [-0.3, -0.25) is 4.57 Å². The van der Waals surface area contributed by atoms with E-state index in [0.29, 0.717) is 11.0 Å². The van der Waals surface area contributed by atoms with Gasteiger partial charge in [-0.25, -0.2) is 4.79 Å². The molecule has 0 bridgehead atoms. The summed E-state index contributed by atoms with van der Waals surface area (Å²) in [4.78, 5) is 11.2. The van der Waals surface area contributed by atoms with Gasteiger partial charge in [0.15, 0.2) is 11.0 Å². The summed E-state index contributed by atoms with van der Waals surface area (Å²) in [7, 11) is 1.59. The number of esters is 1. The second-order valence-electron chi connectivity index (χ2n) is 6.45. The molecular weight excluding hydrogens is 400 g/mol. The zero-order chi connectivity index (χ0) is 20.4. The van der Waals surface area contributed by atoms with Crippen LogP contribution in [0.15, 0.2) is 59.8 Å². The summed E-state index contributed by atoms with van der Waals surface area (Å²) < 4.78 is 38.7. The summed E-state index contributed by atoms with van der Waals surface area (Å²) in [5.74, 6) is -3.40. The third kappa shape index (κ3) is 3.95. The van der Waals surface area contributed by atoms with Crippen molar-refractivity contribution in [2.45, 2.75) is 23.6 Å². The van der Waals surface area contributed by atoms with Crippen LogP contribution in [0.5, 0.6) is 5.75 Å². The number of cyclic esters (lactones) is 1. The zero-order valence-electron chi connectivity index (χ0n) is 15.4. The maximum atomic E-state index is 13.4. The third-order valence-electron chi connectivity index (χ3n) is 4.45. The summed E-state index contributed by atoms with van der Waals surface area (Å²) in [6.07, 6.45) is -1.49. The summed E-state index contributed by atoms with van der Waals surface area (Å²) in [6, 6.07) is 16.9. The fraction of sp³-hybridized carbons (Fsp3) is 0.250. The fourth-order valence-corrected chi connectivity index (χ4v) is 3.95. The molecule has 0 amide bonds. The summed E-state index contributed by atoms with van der Waals surface area (Å²) >= 11 is 1.22. The SMILES string of the molecule is COc1ccc(-c2nnc(SC[C@@H]3CC(F)(F)C(=O)O3)n2-c2ccccc2)cc1. The van der Waals surface area contributed by atoms with E-state index in [1.807, 2.05) is 59.2 Å². The average molecular weight is 417 g/mol. The molecule has 2 aromatic carbocycles. The highest BCUT2D eigenvalue weighted by Crippen LogP contribution is 2.35. The number of aromatic nitrogens is 3. The topological polar surface area (TPSA) is 66.2 Å². The minimum atomic E-state index is -3.42. The zero-order valence-corrected chi connectivity index (χ0v) is 16.2. The normalized spacial score (nSPS) is 17.9. The minimum Gasteiger partial charge on any atom is -0.497 e. The lowest BCUT2D eigenvalue weighted by molar-refractivity contribution is -0.158. The van der Waals surface area contributed by atoms with Gasteiger partial charge in [0.25, 0.3) is 0 Å². The van der Waals surface area contributed by atoms with Crippen LogP contribution in [0.4, 0.5) is 8.78 Å². The molecule has 4 rings (SSSR count). The second-order valence-corrected chi connectivity index (χ2v) is 7.44. The Labute approximate surface area is 169 Å². The van der Waals surface area contributed by atoms with Crippen LogP contribution in [0.2, 0.25) is 0 Å². The van der Waals surface area contributed by atoms with Crippen LogP contribution < -0.4 is 4.74 Å². The molecule has 1 fully saturated rings. The van der Waals surface area contributed by atoms with Crippen LogP contribution in [0.3, 0.4) is 0 Å². The van der Waals surface area contributed by atoms with Gasteiger partial charge in [-0.2, -0.15) is 8.78 Å². The van der Waals surface area contributed by atoms with E-state index in [0.717, 1.165) is 17.0 Å². The quantitative estimate of drug-likeness (QED) is 0.446. The largest absolute Gasteiger partial charge is 0.497 e. The first kappa shape index (κ1) is 19.4. The fourth-order valence-electron chi connectivity index (χ4n) is 3.01. The molecule has 2 heterocycles. The van der Waals surface area contributed by atoms with E-state index in [-0.39, 0.29) is 5.75 Å². The molecule has 0 radical (unpaired) electrons. The van der Waals surface area contributed by atoms with Crippen LogP contribution in [0.25, 0.3) is 17.1 Å². The maximum absolute atomic E-state index is 13.4. The Morgan fingerprint density at radius 1 is 1.17 bits per heavy atom. The molecule has 150 valence electrons. The summed E-state index contributed by atoms with van der Waals surface area (Å²) in [5.41, 5.74) is 1.66. The monoisotopic (exact) mass is 417 g/mol. The van der Waals surface area contributed by atoms with Gasteiger partial charge in [0.05, 0.1) is 13.5 Å². The lowest BCUT2D eigenvalue weighted by Crippen LogP contribution is -2.21. The number of carbonyl (C=O) groups is 1. The van der Waals surface area contributed by atoms with Crippen molar-refractivity contribution in [3.8, 4) is 22.8 Å². The number of rotatable bonds is 6. The highest BCUT2D eigenvalue weighted by Gasteiger charge is 2.50. The molecule has 1 atom stereocenters. The molecule has 0 spiro atoms. The molecule has 6 nitrogen and oxygen atoms in total. The highest BCUT2D eigenvalue weighted by molar-refractivity contribution is 7.99. The van der Waals surface area contributed by atoms with Crippen molar-refractivity contribution in [2.75, 3.05) is 12.9 Å². The number of thioether (sulfide) groups is 1. The Morgan fingerprint density at radius 3 is 2.52 bits per heavy atom. The summed E-state index contributed by atoms with van der Waals surface area (Å²) in [6.45, 7) is 0. The number of ether oxygens (including phenoxy) is 2. The van der Waals surface area contributed by atoms with Crippen molar-refractivity contribution in [3.63, 3.8) is 0 Å². The Bertz CT molecular complexity index is 1010. The number of hydrogen-bond acceptors (Lipinski definition) is 6. The molecule has 0 saturated carbocycles. The molecule has 1 aliphatic heterocycles. The number of hydrogen-bond donors (Lipinski definition) is 0. The third-order valence-corrected chi connectivity index (χ3v) is 5.51. The molecule has 1 aromatic heterocycles. The molecule has 29 heavy (non-hydrogen) atoms. The van der Waals surface area contributed by atoms with Crippen LogP contribution in [0, 0.1) is 0 Å². The molecule has 3 aromatic rings. The first-order valence-corrected chi connectivity index (χ1v) is 9.83. The first-order valence-electron chi connectivity index (χ1n) is 8.85. The van der Waals surface area contributed by atoms with Crippen molar-refractivity contribution in [2.24, 2.45) is 0 Å². The average Bonchev–Trinajstić information content (AvgIpc) is 3.27. The number of halogens is 2. The number of benzene rings is 2. The van der Waals surface area contributed by atoms with Gasteiger partial charge >= 0.3 is 11.9 Å².